The van der Waals surface area contributed by atoms with Crippen molar-refractivity contribution in [3.05, 3.63) is 51.0 Å². The summed E-state index contributed by atoms with van der Waals surface area (Å²) in [7, 11) is 2.84. The number of carbonyl (C=O) groups is 2. The topological polar surface area (TPSA) is 73.9 Å². The molecule has 6 nitrogen and oxygen atoms in total. The molecule has 0 fully saturated rings. The van der Waals surface area contributed by atoms with Crippen molar-refractivity contribution in [1.82, 2.24) is 0 Å². The Kier molecular flexibility index (Phi) is 7.18. The fourth-order valence-electron chi connectivity index (χ4n) is 2.15. The zero-order valence-corrected chi connectivity index (χ0v) is 16.9. The first-order valence-corrected chi connectivity index (χ1v) is 8.78. The quantitative estimate of drug-likeness (QED) is 0.661. The number of benzene rings is 2. The highest BCUT2D eigenvalue weighted by Gasteiger charge is 2.22. The van der Waals surface area contributed by atoms with E-state index in [1.165, 1.54) is 39.3 Å². The van der Waals surface area contributed by atoms with Crippen molar-refractivity contribution in [3.8, 4) is 11.5 Å². The summed E-state index contributed by atoms with van der Waals surface area (Å²) in [5, 5.41) is 3.44. The first-order chi connectivity index (χ1) is 12.8. The average Bonchev–Trinajstić information content (AvgIpc) is 2.63. The van der Waals surface area contributed by atoms with Crippen LogP contribution in [0, 0.1) is 0 Å². The largest absolute Gasteiger partial charge is 0.493 e. The molecule has 1 amide bonds. The van der Waals surface area contributed by atoms with E-state index in [2.05, 4.69) is 5.32 Å². The van der Waals surface area contributed by atoms with Crippen LogP contribution in [0.1, 0.15) is 17.3 Å². The molecule has 0 radical (unpaired) electrons. The number of carbonyl (C=O) groups excluding carboxylic acids is 2. The van der Waals surface area contributed by atoms with Gasteiger partial charge < -0.3 is 19.5 Å². The van der Waals surface area contributed by atoms with Crippen molar-refractivity contribution in [2.45, 2.75) is 13.0 Å². The maximum atomic E-state index is 12.3. The Morgan fingerprint density at radius 1 is 1.00 bits per heavy atom. The number of ether oxygens (including phenoxy) is 3. The summed E-state index contributed by atoms with van der Waals surface area (Å²) in [6.07, 6.45) is -1.10. The molecule has 27 heavy (non-hydrogen) atoms. The van der Waals surface area contributed by atoms with Crippen LogP contribution in [0.15, 0.2) is 30.3 Å². The van der Waals surface area contributed by atoms with Crippen molar-refractivity contribution in [3.63, 3.8) is 0 Å². The Bertz CT molecular complexity index is 872. The molecule has 144 valence electrons. The van der Waals surface area contributed by atoms with Gasteiger partial charge in [-0.2, -0.15) is 0 Å². The van der Waals surface area contributed by atoms with Gasteiger partial charge in [-0.05, 0) is 37.3 Å². The van der Waals surface area contributed by atoms with Gasteiger partial charge in [-0.25, -0.2) is 4.79 Å². The molecule has 2 rings (SSSR count). The molecule has 2 aromatic carbocycles. The van der Waals surface area contributed by atoms with E-state index in [9.17, 15) is 9.59 Å². The Hall–Kier alpha value is -2.15. The molecule has 0 aromatic heterocycles. The molecule has 1 atom stereocenters. The normalized spacial score (nSPS) is 11.5. The van der Waals surface area contributed by atoms with Crippen molar-refractivity contribution in [1.29, 1.82) is 0 Å². The highest BCUT2D eigenvalue weighted by Crippen LogP contribution is 2.36. The predicted octanol–water partition coefficient (Wildman–Crippen LogP) is 4.85. The van der Waals surface area contributed by atoms with Gasteiger partial charge in [0, 0.05) is 5.02 Å². The smallest absolute Gasteiger partial charge is 0.339 e. The number of halogens is 3. The van der Waals surface area contributed by atoms with E-state index in [0.29, 0.717) is 15.7 Å². The van der Waals surface area contributed by atoms with Gasteiger partial charge in [0.15, 0.2) is 17.6 Å². The van der Waals surface area contributed by atoms with E-state index >= 15 is 0 Å². The molecule has 2 aromatic rings. The van der Waals surface area contributed by atoms with Crippen molar-refractivity contribution in [2.75, 3.05) is 19.5 Å². The van der Waals surface area contributed by atoms with Gasteiger partial charge >= 0.3 is 5.97 Å². The molecule has 0 heterocycles. The lowest BCUT2D eigenvalue weighted by Crippen LogP contribution is -2.30. The summed E-state index contributed by atoms with van der Waals surface area (Å²) in [5.74, 6) is -0.770. The molecule has 1 N–H and O–H groups in total. The maximum absolute atomic E-state index is 12.3. The number of esters is 1. The van der Waals surface area contributed by atoms with Crippen LogP contribution in [-0.2, 0) is 9.53 Å². The molecule has 0 saturated carbocycles. The second kappa shape index (κ2) is 9.17. The number of anilines is 1. The molecule has 0 spiro atoms. The van der Waals surface area contributed by atoms with Crippen LogP contribution in [0.2, 0.25) is 15.1 Å². The predicted molar refractivity (Wildman–Crippen MR) is 105 cm³/mol. The van der Waals surface area contributed by atoms with Crippen LogP contribution in [0.4, 0.5) is 5.69 Å². The molecule has 0 aliphatic carbocycles. The van der Waals surface area contributed by atoms with Crippen molar-refractivity contribution in [2.24, 2.45) is 0 Å². The molecule has 1 unspecified atom stereocenters. The fourth-order valence-corrected chi connectivity index (χ4v) is 2.77. The lowest BCUT2D eigenvalue weighted by atomic mass is 10.2. The minimum atomic E-state index is -1.10. The monoisotopic (exact) mass is 431 g/mol. The third-order valence-corrected chi connectivity index (χ3v) is 4.35. The van der Waals surface area contributed by atoms with Crippen LogP contribution < -0.4 is 14.8 Å². The van der Waals surface area contributed by atoms with E-state index in [1.54, 1.807) is 12.1 Å². The Labute approximate surface area is 171 Å². The minimum absolute atomic E-state index is 0.109. The van der Waals surface area contributed by atoms with Crippen LogP contribution in [-0.4, -0.2) is 32.2 Å². The van der Waals surface area contributed by atoms with Gasteiger partial charge in [0.1, 0.15) is 0 Å². The summed E-state index contributed by atoms with van der Waals surface area (Å²) in [6.45, 7) is 1.42. The number of hydrogen-bond acceptors (Lipinski definition) is 5. The number of hydrogen-bond donors (Lipinski definition) is 1. The van der Waals surface area contributed by atoms with E-state index in [1.807, 2.05) is 0 Å². The molecular weight excluding hydrogens is 417 g/mol. The number of amides is 1. The van der Waals surface area contributed by atoms with E-state index < -0.39 is 18.0 Å². The highest BCUT2D eigenvalue weighted by atomic mass is 35.5. The first-order valence-electron chi connectivity index (χ1n) is 7.65. The lowest BCUT2D eigenvalue weighted by Gasteiger charge is -2.15. The van der Waals surface area contributed by atoms with Crippen LogP contribution in [0.25, 0.3) is 0 Å². The SMILES string of the molecule is COc1cc(C(=O)OC(C)C(=O)Nc2cc(Cl)ccc2Cl)cc(Cl)c1OC. The Balaban J connectivity index is 2.12. The summed E-state index contributed by atoms with van der Waals surface area (Å²) < 4.78 is 15.4. The number of methoxy groups -OCH3 is 2. The van der Waals surface area contributed by atoms with E-state index in [4.69, 9.17) is 49.0 Å². The summed E-state index contributed by atoms with van der Waals surface area (Å²) in [4.78, 5) is 24.6. The average molecular weight is 433 g/mol. The summed E-state index contributed by atoms with van der Waals surface area (Å²) >= 11 is 18.0. The third-order valence-electron chi connectivity index (χ3n) is 3.51. The zero-order chi connectivity index (χ0) is 20.1. The second-order valence-corrected chi connectivity index (χ2v) is 6.61. The number of rotatable bonds is 6. The van der Waals surface area contributed by atoms with E-state index in [0.717, 1.165) is 0 Å². The second-order valence-electron chi connectivity index (χ2n) is 5.35. The third kappa shape index (κ3) is 5.19. The molecule has 0 bridgehead atoms. The van der Waals surface area contributed by atoms with Gasteiger partial charge in [0.05, 0.1) is 35.5 Å². The Morgan fingerprint density at radius 3 is 2.33 bits per heavy atom. The minimum Gasteiger partial charge on any atom is -0.493 e. The van der Waals surface area contributed by atoms with E-state index in [-0.39, 0.29) is 22.1 Å². The van der Waals surface area contributed by atoms with Gasteiger partial charge in [-0.3, -0.25) is 4.79 Å². The highest BCUT2D eigenvalue weighted by molar-refractivity contribution is 6.35. The zero-order valence-electron chi connectivity index (χ0n) is 14.6. The molecule has 0 aliphatic rings. The Morgan fingerprint density at radius 2 is 1.70 bits per heavy atom. The molecular formula is C18H16Cl3NO5. The summed E-state index contributed by atoms with van der Waals surface area (Å²) in [6, 6.07) is 7.39. The van der Waals surface area contributed by atoms with Gasteiger partial charge in [0.2, 0.25) is 0 Å². The molecule has 9 heteroatoms. The summed E-state index contributed by atoms with van der Waals surface area (Å²) in [5.41, 5.74) is 0.421. The number of nitrogens with one attached hydrogen (secondary N) is 1. The van der Waals surface area contributed by atoms with Crippen LogP contribution in [0.3, 0.4) is 0 Å². The maximum Gasteiger partial charge on any atom is 0.339 e. The van der Waals surface area contributed by atoms with Gasteiger partial charge in [0.25, 0.3) is 5.91 Å². The van der Waals surface area contributed by atoms with Crippen molar-refractivity contribution >= 4 is 52.4 Å². The standard InChI is InChI=1S/C18H16Cl3NO5/c1-9(17(23)22-14-8-11(19)4-5-12(14)20)27-18(24)10-6-13(21)16(26-3)15(7-10)25-2/h4-9H,1-3H3,(H,22,23). The lowest BCUT2D eigenvalue weighted by molar-refractivity contribution is -0.123. The van der Waals surface area contributed by atoms with Gasteiger partial charge in [-0.15, -0.1) is 0 Å². The van der Waals surface area contributed by atoms with Crippen LogP contribution >= 0.6 is 34.8 Å². The molecule has 0 saturated heterocycles. The van der Waals surface area contributed by atoms with Gasteiger partial charge in [-0.1, -0.05) is 34.8 Å². The fraction of sp³-hybridized carbons (Fsp3) is 0.222. The first kappa shape index (κ1) is 21.2. The molecule has 0 aliphatic heterocycles. The van der Waals surface area contributed by atoms with Crippen LogP contribution in [0.5, 0.6) is 11.5 Å². The van der Waals surface area contributed by atoms with Crippen molar-refractivity contribution < 1.29 is 23.8 Å².